The molecular formula is C15H20ClN3O2. The maximum atomic E-state index is 12.3. The van der Waals surface area contributed by atoms with Crippen molar-refractivity contribution in [2.24, 2.45) is 0 Å². The number of carbonyl (C=O) groups is 2. The third-order valence-corrected chi connectivity index (χ3v) is 3.59. The Morgan fingerprint density at radius 3 is 2.57 bits per heavy atom. The predicted molar refractivity (Wildman–Crippen MR) is 83.5 cm³/mol. The van der Waals surface area contributed by atoms with E-state index in [4.69, 9.17) is 11.6 Å². The van der Waals surface area contributed by atoms with E-state index in [1.807, 2.05) is 13.8 Å². The number of benzene rings is 1. The minimum Gasteiger partial charge on any atom is -0.352 e. The SMILES string of the molecule is CC(C)NC(=O)[C@H]1CCCN1C(=O)Nc1ccc(Cl)cc1. The highest BCUT2D eigenvalue weighted by atomic mass is 35.5. The first kappa shape index (κ1) is 15.6. The van der Waals surface area contributed by atoms with Crippen LogP contribution in [0.2, 0.25) is 5.02 Å². The van der Waals surface area contributed by atoms with Crippen LogP contribution in [0.3, 0.4) is 0 Å². The molecular weight excluding hydrogens is 290 g/mol. The van der Waals surface area contributed by atoms with Crippen LogP contribution < -0.4 is 10.6 Å². The number of nitrogens with zero attached hydrogens (tertiary/aromatic N) is 1. The van der Waals surface area contributed by atoms with Crippen LogP contribution in [0.4, 0.5) is 10.5 Å². The number of halogens is 1. The molecule has 0 aromatic heterocycles. The Kier molecular flexibility index (Phi) is 5.07. The molecule has 2 rings (SSSR count). The Bertz CT molecular complexity index is 516. The molecule has 1 aromatic carbocycles. The van der Waals surface area contributed by atoms with Gasteiger partial charge in [0.25, 0.3) is 0 Å². The van der Waals surface area contributed by atoms with Crippen LogP contribution in [0.15, 0.2) is 24.3 Å². The summed E-state index contributed by atoms with van der Waals surface area (Å²) in [7, 11) is 0. The number of urea groups is 1. The number of anilines is 1. The first-order chi connectivity index (χ1) is 9.97. The van der Waals surface area contributed by atoms with Gasteiger partial charge in [-0.25, -0.2) is 4.79 Å². The van der Waals surface area contributed by atoms with Crippen LogP contribution >= 0.6 is 11.6 Å². The van der Waals surface area contributed by atoms with Crippen molar-refractivity contribution in [2.75, 3.05) is 11.9 Å². The van der Waals surface area contributed by atoms with Gasteiger partial charge >= 0.3 is 6.03 Å². The van der Waals surface area contributed by atoms with Crippen molar-refractivity contribution in [3.8, 4) is 0 Å². The highest BCUT2D eigenvalue weighted by molar-refractivity contribution is 6.30. The summed E-state index contributed by atoms with van der Waals surface area (Å²) in [5.41, 5.74) is 0.666. The van der Waals surface area contributed by atoms with Crippen LogP contribution in [0.5, 0.6) is 0 Å². The molecule has 1 aliphatic rings. The summed E-state index contributed by atoms with van der Waals surface area (Å²) in [5.74, 6) is -0.0891. The van der Waals surface area contributed by atoms with E-state index in [1.54, 1.807) is 29.2 Å². The molecule has 1 atom stereocenters. The summed E-state index contributed by atoms with van der Waals surface area (Å²) in [6.07, 6.45) is 1.54. The van der Waals surface area contributed by atoms with Gasteiger partial charge in [0.15, 0.2) is 0 Å². The van der Waals surface area contributed by atoms with Crippen LogP contribution in [0.1, 0.15) is 26.7 Å². The molecule has 0 bridgehead atoms. The largest absolute Gasteiger partial charge is 0.352 e. The molecule has 0 unspecified atom stereocenters. The van der Waals surface area contributed by atoms with Gasteiger partial charge in [0.2, 0.25) is 5.91 Å². The molecule has 5 nitrogen and oxygen atoms in total. The fourth-order valence-electron chi connectivity index (χ4n) is 2.39. The summed E-state index contributed by atoms with van der Waals surface area (Å²) in [6, 6.07) is 6.32. The summed E-state index contributed by atoms with van der Waals surface area (Å²) in [4.78, 5) is 26.0. The Hall–Kier alpha value is -1.75. The Labute approximate surface area is 129 Å². The van der Waals surface area contributed by atoms with Crippen molar-refractivity contribution in [3.05, 3.63) is 29.3 Å². The average molecular weight is 310 g/mol. The van der Waals surface area contributed by atoms with E-state index >= 15 is 0 Å². The van der Waals surface area contributed by atoms with Gasteiger partial charge in [-0.15, -0.1) is 0 Å². The summed E-state index contributed by atoms with van der Waals surface area (Å²) < 4.78 is 0. The smallest absolute Gasteiger partial charge is 0.322 e. The zero-order chi connectivity index (χ0) is 15.4. The summed E-state index contributed by atoms with van der Waals surface area (Å²) in [6.45, 7) is 4.41. The van der Waals surface area contributed by atoms with Gasteiger partial charge < -0.3 is 15.5 Å². The van der Waals surface area contributed by atoms with E-state index in [0.717, 1.165) is 6.42 Å². The highest BCUT2D eigenvalue weighted by Gasteiger charge is 2.34. The number of carbonyl (C=O) groups excluding carboxylic acids is 2. The van der Waals surface area contributed by atoms with Gasteiger partial charge in [0.1, 0.15) is 6.04 Å². The maximum Gasteiger partial charge on any atom is 0.322 e. The second-order valence-corrected chi connectivity index (χ2v) is 5.89. The molecule has 1 saturated heterocycles. The first-order valence-electron chi connectivity index (χ1n) is 7.11. The molecule has 1 heterocycles. The molecule has 1 aromatic rings. The maximum absolute atomic E-state index is 12.3. The van der Waals surface area contributed by atoms with Crippen LogP contribution in [-0.2, 0) is 4.79 Å². The molecule has 1 aliphatic heterocycles. The first-order valence-corrected chi connectivity index (χ1v) is 7.48. The number of nitrogens with one attached hydrogen (secondary N) is 2. The number of hydrogen-bond donors (Lipinski definition) is 2. The lowest BCUT2D eigenvalue weighted by Gasteiger charge is -2.25. The molecule has 21 heavy (non-hydrogen) atoms. The van der Waals surface area contributed by atoms with Crippen molar-refractivity contribution < 1.29 is 9.59 Å². The molecule has 0 spiro atoms. The monoisotopic (exact) mass is 309 g/mol. The minimum atomic E-state index is -0.389. The molecule has 0 saturated carbocycles. The number of likely N-dealkylation sites (tertiary alicyclic amines) is 1. The van der Waals surface area contributed by atoms with Crippen molar-refractivity contribution >= 4 is 29.2 Å². The van der Waals surface area contributed by atoms with Crippen molar-refractivity contribution in [1.82, 2.24) is 10.2 Å². The third kappa shape index (κ3) is 4.11. The Morgan fingerprint density at radius 2 is 1.95 bits per heavy atom. The quantitative estimate of drug-likeness (QED) is 0.902. The molecule has 0 radical (unpaired) electrons. The van der Waals surface area contributed by atoms with Crippen molar-refractivity contribution in [3.63, 3.8) is 0 Å². The van der Waals surface area contributed by atoms with Gasteiger partial charge in [-0.3, -0.25) is 4.79 Å². The van der Waals surface area contributed by atoms with Gasteiger partial charge in [0.05, 0.1) is 0 Å². The average Bonchev–Trinajstić information content (AvgIpc) is 2.90. The van der Waals surface area contributed by atoms with E-state index in [9.17, 15) is 9.59 Å². The fraction of sp³-hybridized carbons (Fsp3) is 0.467. The second-order valence-electron chi connectivity index (χ2n) is 5.45. The van der Waals surface area contributed by atoms with E-state index in [-0.39, 0.29) is 24.0 Å². The van der Waals surface area contributed by atoms with E-state index in [1.165, 1.54) is 0 Å². The fourth-order valence-corrected chi connectivity index (χ4v) is 2.52. The lowest BCUT2D eigenvalue weighted by molar-refractivity contribution is -0.125. The summed E-state index contributed by atoms with van der Waals surface area (Å²) in [5, 5.41) is 6.27. The van der Waals surface area contributed by atoms with Crippen LogP contribution in [-0.4, -0.2) is 35.5 Å². The van der Waals surface area contributed by atoms with Crippen molar-refractivity contribution in [1.29, 1.82) is 0 Å². The Morgan fingerprint density at radius 1 is 1.29 bits per heavy atom. The van der Waals surface area contributed by atoms with Crippen molar-refractivity contribution in [2.45, 2.75) is 38.8 Å². The highest BCUT2D eigenvalue weighted by Crippen LogP contribution is 2.20. The van der Waals surface area contributed by atoms with Gasteiger partial charge in [-0.05, 0) is 51.0 Å². The molecule has 3 amide bonds. The third-order valence-electron chi connectivity index (χ3n) is 3.34. The Balaban J connectivity index is 2.00. The lowest BCUT2D eigenvalue weighted by Crippen LogP contribution is -2.48. The van der Waals surface area contributed by atoms with Gasteiger partial charge in [0, 0.05) is 23.3 Å². The van der Waals surface area contributed by atoms with Gasteiger partial charge in [-0.2, -0.15) is 0 Å². The second kappa shape index (κ2) is 6.80. The molecule has 0 aliphatic carbocycles. The normalized spacial score (nSPS) is 17.9. The molecule has 2 N–H and O–H groups in total. The summed E-state index contributed by atoms with van der Waals surface area (Å²) >= 11 is 5.81. The zero-order valence-electron chi connectivity index (χ0n) is 12.2. The topological polar surface area (TPSA) is 61.4 Å². The standard InChI is InChI=1S/C15H20ClN3O2/c1-10(2)17-14(20)13-4-3-9-19(13)15(21)18-12-7-5-11(16)6-8-12/h5-8,10,13H,3-4,9H2,1-2H3,(H,17,20)(H,18,21)/t13-/m1/s1. The van der Waals surface area contributed by atoms with Crippen LogP contribution in [0, 0.1) is 0 Å². The predicted octanol–water partition coefficient (Wildman–Crippen LogP) is 2.86. The number of hydrogen-bond acceptors (Lipinski definition) is 2. The number of amides is 3. The van der Waals surface area contributed by atoms with Gasteiger partial charge in [-0.1, -0.05) is 11.6 Å². The molecule has 6 heteroatoms. The van der Waals surface area contributed by atoms with E-state index in [2.05, 4.69) is 10.6 Å². The van der Waals surface area contributed by atoms with E-state index < -0.39 is 0 Å². The van der Waals surface area contributed by atoms with Crippen LogP contribution in [0.25, 0.3) is 0 Å². The minimum absolute atomic E-state index is 0.0688. The zero-order valence-corrected chi connectivity index (χ0v) is 13.0. The van der Waals surface area contributed by atoms with E-state index in [0.29, 0.717) is 23.7 Å². The number of rotatable bonds is 3. The molecule has 114 valence electrons. The molecule has 1 fully saturated rings. The lowest BCUT2D eigenvalue weighted by atomic mass is 10.2.